The van der Waals surface area contributed by atoms with Crippen LogP contribution in [0.1, 0.15) is 58.3 Å². The zero-order valence-electron chi connectivity index (χ0n) is 12.4. The van der Waals surface area contributed by atoms with Crippen LogP contribution in [0.25, 0.3) is 0 Å². The van der Waals surface area contributed by atoms with Gasteiger partial charge in [0.1, 0.15) is 5.54 Å². The van der Waals surface area contributed by atoms with E-state index in [-0.39, 0.29) is 11.9 Å². The third-order valence-corrected chi connectivity index (χ3v) is 4.81. The fourth-order valence-corrected chi connectivity index (χ4v) is 3.67. The van der Waals surface area contributed by atoms with Crippen LogP contribution in [-0.4, -0.2) is 40.6 Å². The summed E-state index contributed by atoms with van der Waals surface area (Å²) in [5.74, 6) is -0.798. The summed E-state index contributed by atoms with van der Waals surface area (Å²) in [6, 6.07) is -0.187. The van der Waals surface area contributed by atoms with Crippen LogP contribution < -0.4 is 5.32 Å². The summed E-state index contributed by atoms with van der Waals surface area (Å²) in [6.07, 6.45) is 7.28. The highest BCUT2D eigenvalue weighted by Gasteiger charge is 2.48. The molecule has 0 aromatic heterocycles. The normalized spacial score (nSPS) is 30.2. The Morgan fingerprint density at radius 2 is 1.95 bits per heavy atom. The van der Waals surface area contributed by atoms with Gasteiger partial charge in [-0.05, 0) is 38.0 Å². The fourth-order valence-electron chi connectivity index (χ4n) is 3.67. The maximum atomic E-state index is 12.3. The number of rotatable bonds is 4. The molecular formula is C15H26N2O3. The van der Waals surface area contributed by atoms with Crippen LogP contribution in [0.2, 0.25) is 0 Å². The van der Waals surface area contributed by atoms with Crippen molar-refractivity contribution in [2.45, 2.75) is 63.8 Å². The number of urea groups is 1. The third-order valence-electron chi connectivity index (χ3n) is 4.81. The first-order valence-electron chi connectivity index (χ1n) is 7.90. The number of carboxylic acid groups (broad SMARTS) is 1. The van der Waals surface area contributed by atoms with Gasteiger partial charge in [0.2, 0.25) is 0 Å². The zero-order chi connectivity index (χ0) is 14.6. The molecule has 1 aliphatic carbocycles. The molecule has 1 heterocycles. The van der Waals surface area contributed by atoms with E-state index in [1.165, 1.54) is 0 Å². The van der Waals surface area contributed by atoms with Crippen molar-refractivity contribution < 1.29 is 14.7 Å². The highest BCUT2D eigenvalue weighted by Crippen LogP contribution is 2.37. The third kappa shape index (κ3) is 2.91. The molecule has 20 heavy (non-hydrogen) atoms. The summed E-state index contributed by atoms with van der Waals surface area (Å²) in [6.45, 7) is 3.57. The molecule has 0 bridgehead atoms. The van der Waals surface area contributed by atoms with Gasteiger partial charge in [-0.1, -0.05) is 26.2 Å². The van der Waals surface area contributed by atoms with Crippen molar-refractivity contribution in [3.8, 4) is 0 Å². The molecule has 0 aromatic rings. The van der Waals surface area contributed by atoms with Crippen molar-refractivity contribution in [3.05, 3.63) is 0 Å². The molecular weight excluding hydrogens is 256 g/mol. The summed E-state index contributed by atoms with van der Waals surface area (Å²) >= 11 is 0. The summed E-state index contributed by atoms with van der Waals surface area (Å²) < 4.78 is 0. The SMILES string of the molecule is CCCC1CCCCC1(NC(=O)N1CCCC1)C(=O)O. The summed E-state index contributed by atoms with van der Waals surface area (Å²) in [4.78, 5) is 26.0. The Kier molecular flexibility index (Phi) is 4.89. The van der Waals surface area contributed by atoms with Crippen molar-refractivity contribution in [1.29, 1.82) is 0 Å². The highest BCUT2D eigenvalue weighted by atomic mass is 16.4. The van der Waals surface area contributed by atoms with E-state index in [1.54, 1.807) is 4.90 Å². The predicted octanol–water partition coefficient (Wildman–Crippen LogP) is 2.61. The average Bonchev–Trinajstić information content (AvgIpc) is 2.95. The number of nitrogens with one attached hydrogen (secondary N) is 1. The van der Waals surface area contributed by atoms with E-state index in [1.807, 2.05) is 0 Å². The maximum Gasteiger partial charge on any atom is 0.329 e. The number of hydrogen-bond donors (Lipinski definition) is 2. The number of amides is 2. The first-order chi connectivity index (χ1) is 9.60. The number of carboxylic acids is 1. The van der Waals surface area contributed by atoms with Crippen LogP contribution in [0.3, 0.4) is 0 Å². The minimum Gasteiger partial charge on any atom is -0.479 e. The Labute approximate surface area is 120 Å². The second-order valence-corrected chi connectivity index (χ2v) is 6.13. The van der Waals surface area contributed by atoms with Crippen molar-refractivity contribution in [2.75, 3.05) is 13.1 Å². The van der Waals surface area contributed by atoms with Crippen LogP contribution in [0.15, 0.2) is 0 Å². The molecule has 2 atom stereocenters. The van der Waals surface area contributed by atoms with Crippen molar-refractivity contribution in [3.63, 3.8) is 0 Å². The van der Waals surface area contributed by atoms with E-state index in [0.717, 1.165) is 58.0 Å². The number of hydrogen-bond acceptors (Lipinski definition) is 2. The number of carbonyl (C=O) groups is 2. The van der Waals surface area contributed by atoms with Gasteiger partial charge in [-0.3, -0.25) is 0 Å². The monoisotopic (exact) mass is 282 g/mol. The van der Waals surface area contributed by atoms with Crippen molar-refractivity contribution >= 4 is 12.0 Å². The van der Waals surface area contributed by atoms with E-state index < -0.39 is 11.5 Å². The van der Waals surface area contributed by atoms with Crippen LogP contribution in [0, 0.1) is 5.92 Å². The van der Waals surface area contributed by atoms with Crippen LogP contribution in [0.4, 0.5) is 4.79 Å². The molecule has 5 heteroatoms. The Bertz CT molecular complexity index is 364. The van der Waals surface area contributed by atoms with E-state index in [9.17, 15) is 14.7 Å². The van der Waals surface area contributed by atoms with Gasteiger partial charge in [-0.15, -0.1) is 0 Å². The zero-order valence-corrected chi connectivity index (χ0v) is 12.4. The van der Waals surface area contributed by atoms with E-state index in [4.69, 9.17) is 0 Å². The minimum atomic E-state index is -1.05. The Morgan fingerprint density at radius 3 is 2.55 bits per heavy atom. The van der Waals surface area contributed by atoms with Crippen molar-refractivity contribution in [1.82, 2.24) is 10.2 Å². The van der Waals surface area contributed by atoms with Crippen LogP contribution in [-0.2, 0) is 4.79 Å². The first kappa shape index (κ1) is 15.1. The molecule has 2 fully saturated rings. The molecule has 2 amide bonds. The molecule has 2 N–H and O–H groups in total. The number of aliphatic carboxylic acids is 1. The largest absolute Gasteiger partial charge is 0.479 e. The molecule has 0 spiro atoms. The molecule has 2 aliphatic rings. The lowest BCUT2D eigenvalue weighted by atomic mass is 9.70. The lowest BCUT2D eigenvalue weighted by Crippen LogP contribution is -2.62. The lowest BCUT2D eigenvalue weighted by Gasteiger charge is -2.42. The second kappa shape index (κ2) is 6.46. The molecule has 114 valence electrons. The maximum absolute atomic E-state index is 12.3. The van der Waals surface area contributed by atoms with Gasteiger partial charge in [0.15, 0.2) is 0 Å². The van der Waals surface area contributed by atoms with Crippen LogP contribution >= 0.6 is 0 Å². The Hall–Kier alpha value is -1.26. The van der Waals surface area contributed by atoms with Gasteiger partial charge >= 0.3 is 12.0 Å². The van der Waals surface area contributed by atoms with Crippen LogP contribution in [0.5, 0.6) is 0 Å². The Morgan fingerprint density at radius 1 is 1.25 bits per heavy atom. The molecule has 0 aromatic carbocycles. The first-order valence-corrected chi connectivity index (χ1v) is 7.90. The Balaban J connectivity index is 2.14. The van der Waals surface area contributed by atoms with E-state index in [2.05, 4.69) is 12.2 Å². The van der Waals surface area contributed by atoms with Gasteiger partial charge in [-0.25, -0.2) is 9.59 Å². The van der Waals surface area contributed by atoms with Gasteiger partial charge in [-0.2, -0.15) is 0 Å². The predicted molar refractivity (Wildman–Crippen MR) is 76.6 cm³/mol. The van der Waals surface area contributed by atoms with Gasteiger partial charge in [0.05, 0.1) is 0 Å². The standard InChI is InChI=1S/C15H26N2O3/c1-2-7-12-8-3-4-9-15(12,13(18)19)16-14(20)17-10-5-6-11-17/h12H,2-11H2,1H3,(H,16,20)(H,18,19). The topological polar surface area (TPSA) is 69.6 Å². The molecule has 2 rings (SSSR count). The summed E-state index contributed by atoms with van der Waals surface area (Å²) in [5.41, 5.74) is -1.05. The fraction of sp³-hybridized carbons (Fsp3) is 0.867. The minimum absolute atomic E-state index is 0.0605. The van der Waals surface area contributed by atoms with E-state index >= 15 is 0 Å². The summed E-state index contributed by atoms with van der Waals surface area (Å²) in [7, 11) is 0. The lowest BCUT2D eigenvalue weighted by molar-refractivity contribution is -0.149. The number of nitrogens with zero attached hydrogens (tertiary/aromatic N) is 1. The number of likely N-dealkylation sites (tertiary alicyclic amines) is 1. The summed E-state index contributed by atoms with van der Waals surface area (Å²) in [5, 5.41) is 12.6. The average molecular weight is 282 g/mol. The second-order valence-electron chi connectivity index (χ2n) is 6.13. The van der Waals surface area contributed by atoms with E-state index in [0.29, 0.717) is 6.42 Å². The molecule has 1 saturated heterocycles. The van der Waals surface area contributed by atoms with Gasteiger partial charge < -0.3 is 15.3 Å². The molecule has 1 saturated carbocycles. The molecule has 2 unspecified atom stereocenters. The molecule has 5 nitrogen and oxygen atoms in total. The van der Waals surface area contributed by atoms with Gasteiger partial charge in [0.25, 0.3) is 0 Å². The quantitative estimate of drug-likeness (QED) is 0.832. The van der Waals surface area contributed by atoms with Gasteiger partial charge in [0, 0.05) is 13.1 Å². The highest BCUT2D eigenvalue weighted by molar-refractivity contribution is 5.86. The molecule has 0 radical (unpaired) electrons. The smallest absolute Gasteiger partial charge is 0.329 e. The number of carbonyl (C=O) groups excluding carboxylic acids is 1. The molecule has 1 aliphatic heterocycles. The van der Waals surface area contributed by atoms with Crippen molar-refractivity contribution in [2.24, 2.45) is 5.92 Å².